The maximum absolute atomic E-state index is 8.25. The summed E-state index contributed by atoms with van der Waals surface area (Å²) in [5.41, 5.74) is 6.04. The van der Waals surface area contributed by atoms with Crippen LogP contribution in [0.4, 0.5) is 0 Å². The second-order valence-electron chi connectivity index (χ2n) is 8.62. The van der Waals surface area contributed by atoms with Crippen molar-refractivity contribution >= 4 is 0 Å². The van der Waals surface area contributed by atoms with Crippen molar-refractivity contribution in [2.45, 2.75) is 13.8 Å². The predicted octanol–water partition coefficient (Wildman–Crippen LogP) is 5.20. The van der Waals surface area contributed by atoms with Crippen molar-refractivity contribution in [2.24, 2.45) is 0 Å². The van der Waals surface area contributed by atoms with E-state index >= 15 is 0 Å². The van der Waals surface area contributed by atoms with Crippen LogP contribution in [0.1, 0.15) is 11.1 Å². The molecule has 4 aromatic heterocycles. The van der Waals surface area contributed by atoms with E-state index in [1.54, 1.807) is 12.4 Å². The van der Waals surface area contributed by atoms with Gasteiger partial charge in [-0.15, -0.1) is 0 Å². The zero-order valence-corrected chi connectivity index (χ0v) is 28.0. The molecule has 6 rings (SSSR count). The van der Waals surface area contributed by atoms with Gasteiger partial charge in [0.2, 0.25) is 0 Å². The Morgan fingerprint density at radius 3 is 1.18 bits per heavy atom. The van der Waals surface area contributed by atoms with E-state index in [0.29, 0.717) is 11.6 Å². The van der Waals surface area contributed by atoms with Gasteiger partial charge in [0.05, 0.1) is 10.2 Å². The van der Waals surface area contributed by atoms with Crippen LogP contribution in [0.3, 0.4) is 0 Å². The number of benzene rings is 2. The van der Waals surface area contributed by atoms with Crippen LogP contribution < -0.4 is 0 Å². The van der Waals surface area contributed by atoms with Crippen molar-refractivity contribution in [3.63, 3.8) is 0 Å². The minimum absolute atomic E-state index is 0. The molecule has 0 aliphatic rings. The number of hydrogen-bond donors (Lipinski definition) is 2. The van der Waals surface area contributed by atoms with Crippen LogP contribution in [0.25, 0.3) is 45.8 Å². The molecule has 0 amide bonds. The summed E-state index contributed by atoms with van der Waals surface area (Å²) in [5.74, 6) is 2.75. The van der Waals surface area contributed by atoms with Gasteiger partial charge in [0.25, 0.3) is 0 Å². The fourth-order valence-corrected chi connectivity index (χ4v) is 3.42. The summed E-state index contributed by atoms with van der Waals surface area (Å²) in [6, 6.07) is 27.7. The first-order valence-corrected chi connectivity index (χ1v) is 12.6. The Morgan fingerprint density at radius 1 is 0.556 bits per heavy atom. The van der Waals surface area contributed by atoms with Crippen LogP contribution in [-0.4, -0.2) is 50.5 Å². The molecule has 0 spiro atoms. The van der Waals surface area contributed by atoms with E-state index in [4.69, 9.17) is 30.6 Å². The number of rotatable bonds is 4. The van der Waals surface area contributed by atoms with Crippen LogP contribution in [0.15, 0.2) is 97.3 Å². The number of aromatic nitrogens is 8. The molecule has 0 atom stereocenters. The first kappa shape index (κ1) is 35.5. The summed E-state index contributed by atoms with van der Waals surface area (Å²) in [5, 5.41) is 43.8. The third-order valence-corrected chi connectivity index (χ3v) is 5.41. The minimum Gasteiger partial charge on any atom is -0.356 e. The maximum atomic E-state index is 8.25. The van der Waals surface area contributed by atoms with Crippen LogP contribution >= 0.6 is 0 Å². The topological polar surface area (TPSA) is 241 Å². The molecule has 0 unspecified atom stereocenters. The van der Waals surface area contributed by atoms with Gasteiger partial charge in [0.1, 0.15) is 11.4 Å². The smallest absolute Gasteiger partial charge is 0.356 e. The molecule has 0 aliphatic carbocycles. The van der Waals surface area contributed by atoms with E-state index in [1.807, 2.05) is 60.7 Å². The molecule has 224 valence electrons. The number of aryl methyl sites for hydroxylation is 2. The summed E-state index contributed by atoms with van der Waals surface area (Å²) in [6.07, 6.45) is 3.47. The normalized spacial score (nSPS) is 9.47. The standard InChI is InChI=1S/2C14H12N4.Cd.2NO3/c2*1-10-5-7-11(8-6-10)13-16-14(18-17-13)12-4-2-3-9-15-12;;2*2-1(3)4/h2*2-9H,1H3,(H,16,17,18);;;/q;;+2;2*-1. The van der Waals surface area contributed by atoms with Crippen LogP contribution in [-0.2, 0) is 27.3 Å². The largest absolute Gasteiger partial charge is 2.00 e. The van der Waals surface area contributed by atoms with Gasteiger partial charge in [-0.3, -0.25) is 20.2 Å². The Bertz CT molecular complexity index is 1610. The molecule has 2 aromatic carbocycles. The molecule has 0 radical (unpaired) electrons. The van der Waals surface area contributed by atoms with Gasteiger partial charge in [0, 0.05) is 23.5 Å². The molecule has 0 saturated heterocycles. The molecular formula is C28H24CdN10O6. The van der Waals surface area contributed by atoms with Gasteiger partial charge < -0.3 is 30.6 Å². The molecule has 4 heterocycles. The van der Waals surface area contributed by atoms with E-state index in [-0.39, 0.29) is 27.3 Å². The Morgan fingerprint density at radius 2 is 0.889 bits per heavy atom. The van der Waals surface area contributed by atoms with Crippen molar-refractivity contribution in [2.75, 3.05) is 0 Å². The fourth-order valence-electron chi connectivity index (χ4n) is 3.42. The van der Waals surface area contributed by atoms with Crippen LogP contribution in [0.5, 0.6) is 0 Å². The van der Waals surface area contributed by atoms with E-state index in [2.05, 4.69) is 78.4 Å². The molecule has 2 N–H and O–H groups in total. The first-order chi connectivity index (χ1) is 21.1. The van der Waals surface area contributed by atoms with Crippen molar-refractivity contribution in [1.29, 1.82) is 0 Å². The van der Waals surface area contributed by atoms with Gasteiger partial charge in [0.15, 0.2) is 23.3 Å². The monoisotopic (exact) mass is 710 g/mol. The number of nitrogens with one attached hydrogen (secondary N) is 2. The SMILES string of the molecule is Cc1ccc(-c2nc(-c3ccccn3)n[nH]2)cc1.Cc1ccc(-c2nc(-c3ccccn3)n[nH]2)cc1.O=[N+]([O-])[O-].O=[N+]([O-])[O-].[Cd+2]. The van der Waals surface area contributed by atoms with Crippen molar-refractivity contribution in [3.8, 4) is 45.8 Å². The molecule has 0 bridgehead atoms. The fraction of sp³-hybridized carbons (Fsp3) is 0.0714. The van der Waals surface area contributed by atoms with Gasteiger partial charge in [-0.25, -0.2) is 9.97 Å². The number of aromatic amines is 2. The second kappa shape index (κ2) is 18.1. The summed E-state index contributed by atoms with van der Waals surface area (Å²) >= 11 is 0. The zero-order chi connectivity index (χ0) is 31.9. The van der Waals surface area contributed by atoms with Gasteiger partial charge in [-0.1, -0.05) is 71.8 Å². The zero-order valence-electron chi connectivity index (χ0n) is 24.0. The summed E-state index contributed by atoms with van der Waals surface area (Å²) in [6.45, 7) is 4.12. The van der Waals surface area contributed by atoms with Crippen molar-refractivity contribution in [1.82, 2.24) is 40.3 Å². The Balaban J connectivity index is 0.000000250. The van der Waals surface area contributed by atoms with Crippen LogP contribution in [0, 0.1) is 44.5 Å². The number of H-pyrrole nitrogens is 2. The van der Waals surface area contributed by atoms with Crippen molar-refractivity contribution < 1.29 is 37.5 Å². The molecule has 0 aliphatic heterocycles. The minimum atomic E-state index is -1.75. The van der Waals surface area contributed by atoms with Crippen molar-refractivity contribution in [3.05, 3.63) is 139 Å². The van der Waals surface area contributed by atoms with E-state index < -0.39 is 10.2 Å². The third kappa shape index (κ3) is 12.2. The quantitative estimate of drug-likeness (QED) is 0.136. The van der Waals surface area contributed by atoms with Gasteiger partial charge in [-0.05, 0) is 38.1 Å². The molecular weight excluding hydrogens is 685 g/mol. The molecule has 6 aromatic rings. The molecule has 16 nitrogen and oxygen atoms in total. The van der Waals surface area contributed by atoms with E-state index in [0.717, 1.165) is 34.2 Å². The second-order valence-corrected chi connectivity index (χ2v) is 8.62. The predicted molar refractivity (Wildman–Crippen MR) is 160 cm³/mol. The average Bonchev–Trinajstić information content (AvgIpc) is 3.70. The average molecular weight is 709 g/mol. The van der Waals surface area contributed by atoms with E-state index in [1.165, 1.54) is 11.1 Å². The Hall–Kier alpha value is -5.66. The van der Waals surface area contributed by atoms with Gasteiger partial charge in [-0.2, -0.15) is 10.2 Å². The van der Waals surface area contributed by atoms with E-state index in [9.17, 15) is 0 Å². The van der Waals surface area contributed by atoms with Crippen LogP contribution in [0.2, 0.25) is 0 Å². The first-order valence-electron chi connectivity index (χ1n) is 12.6. The molecule has 0 fully saturated rings. The maximum Gasteiger partial charge on any atom is 2.00 e. The van der Waals surface area contributed by atoms with Gasteiger partial charge >= 0.3 is 27.3 Å². The Kier molecular flexibility index (Phi) is 14.3. The number of pyridine rings is 2. The summed E-state index contributed by atoms with van der Waals surface area (Å²) in [4.78, 5) is 33.9. The third-order valence-electron chi connectivity index (χ3n) is 5.41. The molecule has 17 heteroatoms. The molecule has 0 saturated carbocycles. The Labute approximate surface area is 275 Å². The summed E-state index contributed by atoms with van der Waals surface area (Å²) in [7, 11) is 0. The number of nitrogens with zero attached hydrogens (tertiary/aromatic N) is 8. The molecule has 45 heavy (non-hydrogen) atoms. The number of hydrogen-bond acceptors (Lipinski definition) is 12. The summed E-state index contributed by atoms with van der Waals surface area (Å²) < 4.78 is 0.